The number of aryl methyl sites for hydroxylation is 1. The first-order valence-electron chi connectivity index (χ1n) is 22.7. The zero-order chi connectivity index (χ0) is 51.6. The summed E-state index contributed by atoms with van der Waals surface area (Å²) >= 11 is 18.9. The lowest BCUT2D eigenvalue weighted by Crippen LogP contribution is -2.38. The van der Waals surface area contributed by atoms with Crippen molar-refractivity contribution < 1.29 is 37.3 Å². The number of ether oxygens (including phenoxy) is 4. The van der Waals surface area contributed by atoms with Gasteiger partial charge in [0.1, 0.15) is 10.7 Å². The van der Waals surface area contributed by atoms with E-state index in [0.717, 1.165) is 29.9 Å². The summed E-state index contributed by atoms with van der Waals surface area (Å²) in [5.74, 6) is -2.52. The number of anilines is 6. The Kier molecular flexibility index (Phi) is 16.6. The van der Waals surface area contributed by atoms with Gasteiger partial charge in [-0.1, -0.05) is 120 Å². The number of hydrogen-bond acceptors (Lipinski definition) is 13. The molecule has 0 atom stereocenters. The number of nitrogens with zero attached hydrogens (tertiary/aromatic N) is 7. The van der Waals surface area contributed by atoms with E-state index in [1.807, 2.05) is 124 Å². The fourth-order valence-electron chi connectivity index (χ4n) is 8.18. The molecule has 0 bridgehead atoms. The summed E-state index contributed by atoms with van der Waals surface area (Å²) in [6.07, 6.45) is 1.57. The van der Waals surface area contributed by atoms with Gasteiger partial charge in [0.15, 0.2) is 57.8 Å². The summed E-state index contributed by atoms with van der Waals surface area (Å²) in [6.45, 7) is 1.64. The minimum atomic E-state index is -0.770. The summed E-state index contributed by atoms with van der Waals surface area (Å²) in [5, 5.41) is 0.213. The molecule has 13 nitrogen and oxygen atoms in total. The van der Waals surface area contributed by atoms with E-state index in [0.29, 0.717) is 31.1 Å². The molecule has 0 unspecified atom stereocenters. The predicted octanol–water partition coefficient (Wildman–Crippen LogP) is 13.2. The molecule has 1 aliphatic rings. The van der Waals surface area contributed by atoms with Crippen LogP contribution < -0.4 is 24.2 Å². The Morgan fingerprint density at radius 3 is 1.58 bits per heavy atom. The van der Waals surface area contributed by atoms with Crippen molar-refractivity contribution in [2.45, 2.75) is 12.8 Å². The zero-order valence-electron chi connectivity index (χ0n) is 39.9. The number of aromatic nitrogens is 4. The van der Waals surface area contributed by atoms with Crippen LogP contribution in [0.5, 0.6) is 11.5 Å². The number of halogens is 5. The summed E-state index contributed by atoms with van der Waals surface area (Å²) in [6, 6.07) is 44.8. The first-order valence-corrected chi connectivity index (χ1v) is 23.8. The first-order chi connectivity index (χ1) is 35.5. The molecule has 73 heavy (non-hydrogen) atoms. The Morgan fingerprint density at radius 1 is 0.575 bits per heavy atom. The molecule has 0 spiro atoms. The number of para-hydroxylation sites is 3. The van der Waals surface area contributed by atoms with Crippen molar-refractivity contribution in [2.24, 2.45) is 0 Å². The van der Waals surface area contributed by atoms with Gasteiger partial charge in [0.2, 0.25) is 0 Å². The molecule has 6 aromatic carbocycles. The molecule has 372 valence electrons. The smallest absolute Gasteiger partial charge is 0.359 e. The lowest BCUT2D eigenvalue weighted by atomic mass is 10.1. The average Bonchev–Trinajstić information content (AvgIpc) is 3.43. The van der Waals surface area contributed by atoms with Crippen molar-refractivity contribution >= 4 is 81.1 Å². The highest BCUT2D eigenvalue weighted by Gasteiger charge is 2.34. The molecule has 9 rings (SSSR count). The van der Waals surface area contributed by atoms with Crippen LogP contribution in [-0.4, -0.2) is 79.9 Å². The van der Waals surface area contributed by atoms with E-state index in [9.17, 15) is 9.59 Å². The number of esters is 2. The van der Waals surface area contributed by atoms with Crippen LogP contribution in [0.2, 0.25) is 15.1 Å². The Morgan fingerprint density at radius 2 is 1.04 bits per heavy atom. The van der Waals surface area contributed by atoms with E-state index in [-0.39, 0.29) is 66.5 Å². The highest BCUT2D eigenvalue weighted by atomic mass is 35.5. The predicted molar refractivity (Wildman–Crippen MR) is 281 cm³/mol. The highest BCUT2D eigenvalue weighted by molar-refractivity contribution is 6.36. The maximum Gasteiger partial charge on any atom is 0.359 e. The molecular formula is C55H46Cl3F2N7O6. The SMILES string of the molecule is COC(=O)c1nc(-c2ccc(Cl)c(OC)c2F)nc(N(CCCc2ccccc2)c2ccccc2)c1Cl.COC(=O)c1nc(-c2ccc(Cl)c(OC)c2F)nc2c1N(c1ccccc1)CCN2c1ccccc1. The van der Waals surface area contributed by atoms with Crippen LogP contribution >= 0.6 is 34.8 Å². The monoisotopic (exact) mass is 1040 g/mol. The summed E-state index contributed by atoms with van der Waals surface area (Å²) < 4.78 is 51.0. The fraction of sp³-hybridized carbons (Fsp3) is 0.164. The quantitative estimate of drug-likeness (QED) is 0.0958. The van der Waals surface area contributed by atoms with Gasteiger partial charge in [-0.15, -0.1) is 0 Å². The van der Waals surface area contributed by atoms with Gasteiger partial charge < -0.3 is 33.6 Å². The molecule has 8 aromatic rings. The largest absolute Gasteiger partial charge is 0.492 e. The van der Waals surface area contributed by atoms with Crippen molar-refractivity contribution in [1.82, 2.24) is 19.9 Å². The second-order valence-corrected chi connectivity index (χ2v) is 17.2. The number of methoxy groups -OCH3 is 4. The van der Waals surface area contributed by atoms with Crippen LogP contribution in [0.25, 0.3) is 22.8 Å². The summed E-state index contributed by atoms with van der Waals surface area (Å²) in [5.41, 5.74) is 4.11. The molecule has 18 heteroatoms. The number of fused-ring (bicyclic) bond motifs is 1. The van der Waals surface area contributed by atoms with Gasteiger partial charge in [0.25, 0.3) is 0 Å². The van der Waals surface area contributed by atoms with Crippen molar-refractivity contribution in [3.8, 4) is 34.3 Å². The normalized spacial score (nSPS) is 11.7. The third-order valence-electron chi connectivity index (χ3n) is 11.7. The van der Waals surface area contributed by atoms with Crippen molar-refractivity contribution in [1.29, 1.82) is 0 Å². The maximum atomic E-state index is 15.4. The Hall–Kier alpha value is -7.85. The van der Waals surface area contributed by atoms with Crippen LogP contribution in [0.4, 0.5) is 43.2 Å². The fourth-order valence-corrected chi connectivity index (χ4v) is 8.89. The summed E-state index contributed by atoms with van der Waals surface area (Å²) in [7, 11) is 5.15. The van der Waals surface area contributed by atoms with Crippen molar-refractivity contribution in [3.63, 3.8) is 0 Å². The number of benzene rings is 6. The van der Waals surface area contributed by atoms with E-state index >= 15 is 8.78 Å². The molecule has 0 radical (unpaired) electrons. The molecule has 2 aromatic heterocycles. The minimum Gasteiger partial charge on any atom is -0.492 e. The van der Waals surface area contributed by atoms with Gasteiger partial charge in [0.05, 0.1) is 49.6 Å². The lowest BCUT2D eigenvalue weighted by Gasteiger charge is -2.38. The Labute approximate surface area is 435 Å². The molecule has 0 saturated heterocycles. The first kappa shape index (κ1) is 51.5. The highest BCUT2D eigenvalue weighted by Crippen LogP contribution is 2.44. The van der Waals surface area contributed by atoms with E-state index in [1.54, 1.807) is 0 Å². The van der Waals surface area contributed by atoms with Crippen LogP contribution in [0.15, 0.2) is 146 Å². The van der Waals surface area contributed by atoms with Gasteiger partial charge in [-0.05, 0) is 79.1 Å². The van der Waals surface area contributed by atoms with Crippen LogP contribution in [-0.2, 0) is 15.9 Å². The van der Waals surface area contributed by atoms with E-state index < -0.39 is 23.6 Å². The van der Waals surface area contributed by atoms with E-state index in [1.165, 1.54) is 58.3 Å². The van der Waals surface area contributed by atoms with Crippen LogP contribution in [0.1, 0.15) is 33.0 Å². The van der Waals surface area contributed by atoms with Gasteiger partial charge in [-0.2, -0.15) is 0 Å². The molecular weight excluding hydrogens is 999 g/mol. The molecule has 0 saturated carbocycles. The zero-order valence-corrected chi connectivity index (χ0v) is 42.1. The Bertz CT molecular complexity index is 3240. The number of hydrogen-bond donors (Lipinski definition) is 0. The minimum absolute atomic E-state index is 0.000464. The van der Waals surface area contributed by atoms with Crippen molar-refractivity contribution in [3.05, 3.63) is 189 Å². The van der Waals surface area contributed by atoms with Crippen LogP contribution in [0, 0.1) is 11.6 Å². The second-order valence-electron chi connectivity index (χ2n) is 16.0. The summed E-state index contributed by atoms with van der Waals surface area (Å²) in [4.78, 5) is 49.7. The maximum absolute atomic E-state index is 15.4. The van der Waals surface area contributed by atoms with Crippen molar-refractivity contribution in [2.75, 3.05) is 62.8 Å². The van der Waals surface area contributed by atoms with Crippen LogP contribution in [0.3, 0.4) is 0 Å². The van der Waals surface area contributed by atoms with Gasteiger partial charge in [-0.25, -0.2) is 38.3 Å². The number of carbonyl (C=O) groups excluding carboxylic acids is 2. The third-order valence-corrected chi connectivity index (χ3v) is 12.6. The van der Waals surface area contributed by atoms with Gasteiger partial charge in [0, 0.05) is 36.7 Å². The molecule has 0 amide bonds. The molecule has 1 aliphatic heterocycles. The van der Waals surface area contributed by atoms with E-state index in [4.69, 9.17) is 58.7 Å². The molecule has 0 fully saturated rings. The molecule has 0 aliphatic carbocycles. The van der Waals surface area contributed by atoms with Gasteiger partial charge in [-0.3, -0.25) is 0 Å². The van der Waals surface area contributed by atoms with E-state index in [2.05, 4.69) is 27.1 Å². The number of carbonyl (C=O) groups is 2. The standard InChI is InChI=1S/C28H24Cl2FN3O3.C27H22ClFN4O3/c1-36-25-21(29)16-15-20(23(25)31)26-32-24(28(35)37-2)22(30)27(33-26)34(19-13-7-4-8-14-19)17-9-12-18-10-5-3-6-11-18;1-35-24-20(28)14-13-19(21(24)29)25-30-22(27(34)36-2)23-26(31-25)33(18-11-7-4-8-12-18)16-15-32(23)17-9-5-3-6-10-17/h3-8,10-11,13-16H,9,12,17H2,1-2H3;3-14H,15-16H2,1-2H3. The molecule has 3 heterocycles. The average molecular weight is 1050 g/mol. The number of rotatable bonds is 14. The lowest BCUT2D eigenvalue weighted by molar-refractivity contribution is 0.0586. The Balaban J connectivity index is 0.000000195. The third kappa shape index (κ3) is 11.1. The second kappa shape index (κ2) is 23.6. The topological polar surface area (TPSA) is 132 Å². The van der Waals surface area contributed by atoms with Gasteiger partial charge >= 0.3 is 11.9 Å². The molecule has 0 N–H and O–H groups in total.